The van der Waals surface area contributed by atoms with Crippen molar-refractivity contribution >= 4 is 10.9 Å². The monoisotopic (exact) mass is 305 g/mol. The molecule has 3 aromatic rings. The highest BCUT2D eigenvalue weighted by atomic mass is 15.3. The number of nitrogens with zero attached hydrogens (tertiary/aromatic N) is 2. The van der Waals surface area contributed by atoms with Gasteiger partial charge in [0.25, 0.3) is 0 Å². The summed E-state index contributed by atoms with van der Waals surface area (Å²) in [7, 11) is 0. The highest BCUT2D eigenvalue weighted by molar-refractivity contribution is 5.78. The molecular weight excluding hydrogens is 282 g/mol. The summed E-state index contributed by atoms with van der Waals surface area (Å²) >= 11 is 0. The number of hydrogen-bond acceptors (Lipinski definition) is 2. The molecule has 1 aliphatic carbocycles. The molecule has 1 aliphatic rings. The molecule has 0 atom stereocenters. The van der Waals surface area contributed by atoms with Crippen LogP contribution in [0.5, 0.6) is 0 Å². The number of aromatic nitrogens is 2. The largest absolute Gasteiger partial charge is 0.312 e. The van der Waals surface area contributed by atoms with Gasteiger partial charge in [-0.15, -0.1) is 0 Å². The number of fused-ring (bicyclic) bond motifs is 1. The van der Waals surface area contributed by atoms with Crippen molar-refractivity contribution in [1.82, 2.24) is 15.1 Å². The molecule has 0 unspecified atom stereocenters. The van der Waals surface area contributed by atoms with Crippen LogP contribution < -0.4 is 5.32 Å². The first-order valence-corrected chi connectivity index (χ1v) is 8.50. The quantitative estimate of drug-likeness (QED) is 0.775. The van der Waals surface area contributed by atoms with Gasteiger partial charge < -0.3 is 5.32 Å². The Morgan fingerprint density at radius 3 is 2.70 bits per heavy atom. The zero-order valence-electron chi connectivity index (χ0n) is 13.6. The number of nitrogens with one attached hydrogen (secondary N) is 1. The molecule has 0 amide bonds. The van der Waals surface area contributed by atoms with Gasteiger partial charge in [-0.1, -0.05) is 48.0 Å². The van der Waals surface area contributed by atoms with E-state index >= 15 is 0 Å². The molecular formula is C20H23N3. The Morgan fingerprint density at radius 2 is 1.87 bits per heavy atom. The molecule has 1 saturated carbocycles. The van der Waals surface area contributed by atoms with Gasteiger partial charge in [-0.3, -0.25) is 4.68 Å². The van der Waals surface area contributed by atoms with Gasteiger partial charge in [0, 0.05) is 18.0 Å². The maximum absolute atomic E-state index is 4.48. The third kappa shape index (κ3) is 3.02. The standard InChI is InChI=1S/C20H23N3/c1-15-6-8-16(9-7-15)18-12-19(13-18)21-10-11-23-20-5-3-2-4-17(20)14-22-23/h2-9,14,18-19,21H,10-13H2,1H3. The number of aryl methyl sites for hydroxylation is 1. The van der Waals surface area contributed by atoms with E-state index in [1.54, 1.807) is 0 Å². The lowest BCUT2D eigenvalue weighted by Crippen LogP contribution is -2.41. The smallest absolute Gasteiger partial charge is 0.0682 e. The normalized spacial score (nSPS) is 20.6. The van der Waals surface area contributed by atoms with Crippen LogP contribution in [0, 0.1) is 6.92 Å². The molecule has 1 N–H and O–H groups in total. The molecule has 0 radical (unpaired) electrons. The van der Waals surface area contributed by atoms with Gasteiger partial charge in [0.2, 0.25) is 0 Å². The van der Waals surface area contributed by atoms with Crippen LogP contribution in [0.25, 0.3) is 10.9 Å². The maximum atomic E-state index is 4.48. The van der Waals surface area contributed by atoms with E-state index < -0.39 is 0 Å². The average molecular weight is 305 g/mol. The van der Waals surface area contributed by atoms with E-state index in [2.05, 4.69) is 70.6 Å². The Bertz CT molecular complexity index is 782. The summed E-state index contributed by atoms with van der Waals surface area (Å²) in [6.45, 7) is 4.06. The van der Waals surface area contributed by atoms with Crippen molar-refractivity contribution in [2.24, 2.45) is 0 Å². The third-order valence-electron chi connectivity index (χ3n) is 4.99. The number of hydrogen-bond donors (Lipinski definition) is 1. The molecule has 0 bridgehead atoms. The third-order valence-corrected chi connectivity index (χ3v) is 4.99. The Morgan fingerprint density at radius 1 is 1.09 bits per heavy atom. The molecule has 0 spiro atoms. The summed E-state index contributed by atoms with van der Waals surface area (Å²) < 4.78 is 2.10. The zero-order chi connectivity index (χ0) is 15.6. The maximum Gasteiger partial charge on any atom is 0.0682 e. The van der Waals surface area contributed by atoms with Crippen LogP contribution in [-0.4, -0.2) is 22.4 Å². The molecule has 4 rings (SSSR count). The Hall–Kier alpha value is -2.13. The number of para-hydroxylation sites is 1. The first-order valence-electron chi connectivity index (χ1n) is 8.50. The van der Waals surface area contributed by atoms with Gasteiger partial charge in [0.05, 0.1) is 18.3 Å². The van der Waals surface area contributed by atoms with Crippen molar-refractivity contribution in [3.8, 4) is 0 Å². The second-order valence-corrected chi connectivity index (χ2v) is 6.66. The van der Waals surface area contributed by atoms with Crippen molar-refractivity contribution in [3.63, 3.8) is 0 Å². The molecule has 3 nitrogen and oxygen atoms in total. The van der Waals surface area contributed by atoms with Gasteiger partial charge in [-0.2, -0.15) is 5.10 Å². The highest BCUT2D eigenvalue weighted by Crippen LogP contribution is 2.36. The molecule has 1 aromatic heterocycles. The van der Waals surface area contributed by atoms with Crippen molar-refractivity contribution in [3.05, 3.63) is 65.9 Å². The summed E-state index contributed by atoms with van der Waals surface area (Å²) in [6, 6.07) is 18.1. The zero-order valence-corrected chi connectivity index (χ0v) is 13.6. The minimum absolute atomic E-state index is 0.656. The second kappa shape index (κ2) is 6.17. The lowest BCUT2D eigenvalue weighted by atomic mass is 9.76. The fourth-order valence-electron chi connectivity index (χ4n) is 3.47. The lowest BCUT2D eigenvalue weighted by molar-refractivity contribution is 0.287. The fourth-order valence-corrected chi connectivity index (χ4v) is 3.47. The lowest BCUT2D eigenvalue weighted by Gasteiger charge is -2.36. The number of rotatable bonds is 5. The SMILES string of the molecule is Cc1ccc(C2CC(NCCn3ncc4ccccc43)C2)cc1. The van der Waals surface area contributed by atoms with Gasteiger partial charge in [-0.25, -0.2) is 0 Å². The van der Waals surface area contributed by atoms with Crippen LogP contribution >= 0.6 is 0 Å². The first kappa shape index (κ1) is 14.5. The summed E-state index contributed by atoms with van der Waals surface area (Å²) in [5.41, 5.74) is 4.06. The van der Waals surface area contributed by atoms with E-state index in [4.69, 9.17) is 0 Å². The minimum atomic E-state index is 0.656. The van der Waals surface area contributed by atoms with Crippen LogP contribution in [0.4, 0.5) is 0 Å². The predicted molar refractivity (Wildman–Crippen MR) is 94.7 cm³/mol. The van der Waals surface area contributed by atoms with Crippen LogP contribution in [0.1, 0.15) is 29.9 Å². The van der Waals surface area contributed by atoms with E-state index in [9.17, 15) is 0 Å². The van der Waals surface area contributed by atoms with Gasteiger partial charge in [-0.05, 0) is 37.3 Å². The van der Waals surface area contributed by atoms with Gasteiger partial charge >= 0.3 is 0 Å². The molecule has 23 heavy (non-hydrogen) atoms. The van der Waals surface area contributed by atoms with Crippen LogP contribution in [0.2, 0.25) is 0 Å². The Balaban J connectivity index is 1.26. The highest BCUT2D eigenvalue weighted by Gasteiger charge is 2.29. The van der Waals surface area contributed by atoms with E-state index in [0.29, 0.717) is 6.04 Å². The Labute approximate surface area is 137 Å². The summed E-state index contributed by atoms with van der Waals surface area (Å²) in [4.78, 5) is 0. The molecule has 0 saturated heterocycles. The van der Waals surface area contributed by atoms with E-state index in [1.807, 2.05) is 6.20 Å². The van der Waals surface area contributed by atoms with Crippen LogP contribution in [-0.2, 0) is 6.54 Å². The topological polar surface area (TPSA) is 29.9 Å². The molecule has 1 heterocycles. The van der Waals surface area contributed by atoms with Crippen molar-refractivity contribution in [2.45, 2.75) is 38.3 Å². The van der Waals surface area contributed by atoms with Crippen LogP contribution in [0.3, 0.4) is 0 Å². The van der Waals surface area contributed by atoms with Gasteiger partial charge in [0.1, 0.15) is 0 Å². The predicted octanol–water partition coefficient (Wildman–Crippen LogP) is 3.88. The van der Waals surface area contributed by atoms with Crippen molar-refractivity contribution in [1.29, 1.82) is 0 Å². The second-order valence-electron chi connectivity index (χ2n) is 6.66. The molecule has 118 valence electrons. The van der Waals surface area contributed by atoms with Crippen molar-refractivity contribution in [2.75, 3.05) is 6.54 Å². The first-order chi connectivity index (χ1) is 11.3. The molecule has 1 fully saturated rings. The minimum Gasteiger partial charge on any atom is -0.312 e. The average Bonchev–Trinajstić information content (AvgIpc) is 2.94. The van der Waals surface area contributed by atoms with Gasteiger partial charge in [0.15, 0.2) is 0 Å². The molecule has 2 aromatic carbocycles. The Kier molecular flexibility index (Phi) is 3.88. The van der Waals surface area contributed by atoms with E-state index in [1.165, 1.54) is 34.9 Å². The fraction of sp³-hybridized carbons (Fsp3) is 0.350. The number of benzene rings is 2. The van der Waals surface area contributed by atoms with Crippen LogP contribution in [0.15, 0.2) is 54.7 Å². The van der Waals surface area contributed by atoms with Crippen molar-refractivity contribution < 1.29 is 0 Å². The summed E-state index contributed by atoms with van der Waals surface area (Å²) in [5, 5.41) is 9.37. The molecule has 0 aliphatic heterocycles. The molecule has 3 heteroatoms. The van der Waals surface area contributed by atoms with E-state index in [-0.39, 0.29) is 0 Å². The summed E-state index contributed by atoms with van der Waals surface area (Å²) in [5.74, 6) is 0.735. The van der Waals surface area contributed by atoms with E-state index in [0.717, 1.165) is 19.0 Å². The summed E-state index contributed by atoms with van der Waals surface area (Å²) in [6.07, 6.45) is 4.46.